The quantitative estimate of drug-likeness (QED) is 0.600. The van der Waals surface area contributed by atoms with Crippen LogP contribution in [-0.2, 0) is 16.1 Å². The van der Waals surface area contributed by atoms with E-state index in [1.165, 1.54) is 11.0 Å². The molecule has 3 aromatic rings. The Morgan fingerprint density at radius 1 is 1.17 bits per heavy atom. The number of anilines is 1. The predicted octanol–water partition coefficient (Wildman–Crippen LogP) is 2.98. The van der Waals surface area contributed by atoms with Gasteiger partial charge in [-0.15, -0.1) is 5.10 Å². The molecule has 0 bridgehead atoms. The van der Waals surface area contributed by atoms with Gasteiger partial charge in [-0.3, -0.25) is 14.4 Å². The SMILES string of the molecule is CCCN(CC(=O)Nc1cc(Cl)ccc1Cl)C(=O)Cn1nnc2ccccc2c1=O. The summed E-state index contributed by atoms with van der Waals surface area (Å²) in [6, 6.07) is 11.5. The first-order chi connectivity index (χ1) is 14.4. The minimum atomic E-state index is -0.432. The molecule has 0 saturated carbocycles. The van der Waals surface area contributed by atoms with Crippen molar-refractivity contribution in [2.45, 2.75) is 19.9 Å². The van der Waals surface area contributed by atoms with E-state index in [1.54, 1.807) is 36.4 Å². The highest BCUT2D eigenvalue weighted by molar-refractivity contribution is 6.35. The Labute approximate surface area is 182 Å². The van der Waals surface area contributed by atoms with Gasteiger partial charge in [0.25, 0.3) is 5.56 Å². The minimum absolute atomic E-state index is 0.203. The molecule has 8 nitrogen and oxygen atoms in total. The molecule has 0 radical (unpaired) electrons. The zero-order valence-electron chi connectivity index (χ0n) is 16.1. The minimum Gasteiger partial charge on any atom is -0.332 e. The fourth-order valence-electron chi connectivity index (χ4n) is 2.87. The zero-order chi connectivity index (χ0) is 21.7. The fraction of sp³-hybridized carbons (Fsp3) is 0.250. The van der Waals surface area contributed by atoms with Gasteiger partial charge in [-0.1, -0.05) is 47.5 Å². The van der Waals surface area contributed by atoms with Gasteiger partial charge in [0, 0.05) is 11.6 Å². The summed E-state index contributed by atoms with van der Waals surface area (Å²) in [5.41, 5.74) is 0.393. The molecule has 2 amide bonds. The van der Waals surface area contributed by atoms with E-state index in [2.05, 4.69) is 15.6 Å². The van der Waals surface area contributed by atoms with Crippen LogP contribution in [0, 0.1) is 0 Å². The maximum Gasteiger partial charge on any atom is 0.278 e. The number of carbonyl (C=O) groups excluding carboxylic acids is 2. The normalized spacial score (nSPS) is 10.8. The Hall–Kier alpha value is -2.97. The second kappa shape index (κ2) is 9.69. The first-order valence-electron chi connectivity index (χ1n) is 9.24. The van der Waals surface area contributed by atoms with E-state index in [1.807, 2.05) is 6.92 Å². The third-order valence-electron chi connectivity index (χ3n) is 4.30. The average Bonchev–Trinajstić information content (AvgIpc) is 2.72. The van der Waals surface area contributed by atoms with E-state index >= 15 is 0 Å². The van der Waals surface area contributed by atoms with Crippen molar-refractivity contribution in [1.82, 2.24) is 19.9 Å². The highest BCUT2D eigenvalue weighted by Gasteiger charge is 2.19. The van der Waals surface area contributed by atoms with Crippen molar-refractivity contribution in [2.24, 2.45) is 0 Å². The number of rotatable bonds is 7. The molecular formula is C20H19Cl2N5O3. The second-order valence-corrected chi connectivity index (χ2v) is 7.40. The maximum atomic E-state index is 12.8. The third kappa shape index (κ3) is 5.14. The number of benzene rings is 2. The monoisotopic (exact) mass is 447 g/mol. The Morgan fingerprint density at radius 3 is 2.70 bits per heavy atom. The van der Waals surface area contributed by atoms with Gasteiger partial charge in [0.1, 0.15) is 12.1 Å². The lowest BCUT2D eigenvalue weighted by Crippen LogP contribution is -2.42. The Morgan fingerprint density at radius 2 is 1.93 bits per heavy atom. The van der Waals surface area contributed by atoms with Gasteiger partial charge in [0.05, 0.1) is 22.6 Å². The summed E-state index contributed by atoms with van der Waals surface area (Å²) >= 11 is 12.0. The summed E-state index contributed by atoms with van der Waals surface area (Å²) in [6.07, 6.45) is 0.634. The molecule has 0 aliphatic rings. The van der Waals surface area contributed by atoms with Crippen molar-refractivity contribution in [3.63, 3.8) is 0 Å². The molecule has 0 aliphatic heterocycles. The van der Waals surface area contributed by atoms with Gasteiger partial charge in [-0.25, -0.2) is 4.68 Å². The number of amides is 2. The largest absolute Gasteiger partial charge is 0.332 e. The first-order valence-corrected chi connectivity index (χ1v) is 10.00. The lowest BCUT2D eigenvalue weighted by atomic mass is 10.2. The lowest BCUT2D eigenvalue weighted by Gasteiger charge is -2.22. The van der Waals surface area contributed by atoms with E-state index in [0.717, 1.165) is 4.68 Å². The second-order valence-electron chi connectivity index (χ2n) is 6.56. The molecule has 0 atom stereocenters. The van der Waals surface area contributed by atoms with Crippen LogP contribution in [-0.4, -0.2) is 44.8 Å². The standard InChI is InChI=1S/C20H19Cl2N5O3/c1-2-9-26(11-18(28)23-17-10-13(21)7-8-15(17)22)19(29)12-27-20(30)14-5-3-4-6-16(14)24-25-27/h3-8,10H,2,9,11-12H2,1H3,(H,23,28). The molecule has 0 fully saturated rings. The van der Waals surface area contributed by atoms with Gasteiger partial charge in [0.2, 0.25) is 11.8 Å². The van der Waals surface area contributed by atoms with Crippen molar-refractivity contribution in [2.75, 3.05) is 18.4 Å². The topological polar surface area (TPSA) is 97.2 Å². The first kappa shape index (κ1) is 21.7. The third-order valence-corrected chi connectivity index (χ3v) is 4.86. The molecule has 3 rings (SSSR count). The molecule has 0 spiro atoms. The molecule has 0 aliphatic carbocycles. The van der Waals surface area contributed by atoms with Crippen LogP contribution in [0.15, 0.2) is 47.3 Å². The highest BCUT2D eigenvalue weighted by atomic mass is 35.5. The number of hydrogen-bond acceptors (Lipinski definition) is 5. The summed E-state index contributed by atoms with van der Waals surface area (Å²) in [7, 11) is 0. The molecule has 10 heteroatoms. The van der Waals surface area contributed by atoms with Crippen LogP contribution in [0.3, 0.4) is 0 Å². The number of aromatic nitrogens is 3. The molecule has 1 N–H and O–H groups in total. The number of nitrogens with one attached hydrogen (secondary N) is 1. The fourth-order valence-corrected chi connectivity index (χ4v) is 3.21. The van der Waals surface area contributed by atoms with Crippen LogP contribution in [0.25, 0.3) is 10.9 Å². The number of hydrogen-bond donors (Lipinski definition) is 1. The Kier molecular flexibility index (Phi) is 7.02. The Balaban J connectivity index is 1.73. The van der Waals surface area contributed by atoms with Crippen molar-refractivity contribution >= 4 is 51.6 Å². The summed E-state index contributed by atoms with van der Waals surface area (Å²) in [6.45, 7) is 1.70. The molecular weight excluding hydrogens is 429 g/mol. The average molecular weight is 448 g/mol. The van der Waals surface area contributed by atoms with Gasteiger partial charge >= 0.3 is 0 Å². The molecule has 30 heavy (non-hydrogen) atoms. The van der Waals surface area contributed by atoms with E-state index in [4.69, 9.17) is 23.2 Å². The van der Waals surface area contributed by atoms with Gasteiger partial charge in [0.15, 0.2) is 0 Å². The van der Waals surface area contributed by atoms with E-state index in [9.17, 15) is 14.4 Å². The lowest BCUT2D eigenvalue weighted by molar-refractivity contribution is -0.135. The molecule has 0 saturated heterocycles. The molecule has 1 heterocycles. The van der Waals surface area contributed by atoms with Crippen LogP contribution in [0.2, 0.25) is 10.0 Å². The van der Waals surface area contributed by atoms with Crippen molar-refractivity contribution in [3.8, 4) is 0 Å². The van der Waals surface area contributed by atoms with E-state index in [0.29, 0.717) is 39.6 Å². The number of halogens is 2. The van der Waals surface area contributed by atoms with Gasteiger partial charge in [-0.05, 0) is 36.8 Å². The van der Waals surface area contributed by atoms with Crippen LogP contribution in [0.1, 0.15) is 13.3 Å². The molecule has 156 valence electrons. The van der Waals surface area contributed by atoms with E-state index < -0.39 is 17.4 Å². The maximum absolute atomic E-state index is 12.8. The van der Waals surface area contributed by atoms with Crippen molar-refractivity contribution in [3.05, 3.63) is 62.9 Å². The molecule has 2 aromatic carbocycles. The van der Waals surface area contributed by atoms with Crippen LogP contribution in [0.4, 0.5) is 5.69 Å². The summed E-state index contributed by atoms with van der Waals surface area (Å²) < 4.78 is 0.999. The summed E-state index contributed by atoms with van der Waals surface area (Å²) in [5.74, 6) is -0.853. The summed E-state index contributed by atoms with van der Waals surface area (Å²) in [4.78, 5) is 39.1. The highest BCUT2D eigenvalue weighted by Crippen LogP contribution is 2.25. The Bertz CT molecular complexity index is 1150. The van der Waals surface area contributed by atoms with Crippen LogP contribution < -0.4 is 10.9 Å². The molecule has 0 unspecified atom stereocenters. The van der Waals surface area contributed by atoms with Crippen LogP contribution >= 0.6 is 23.2 Å². The molecule has 1 aromatic heterocycles. The summed E-state index contributed by atoms with van der Waals surface area (Å²) in [5, 5.41) is 11.6. The number of carbonyl (C=O) groups is 2. The van der Waals surface area contributed by atoms with Crippen molar-refractivity contribution < 1.29 is 9.59 Å². The smallest absolute Gasteiger partial charge is 0.278 e. The zero-order valence-corrected chi connectivity index (χ0v) is 17.7. The van der Waals surface area contributed by atoms with E-state index in [-0.39, 0.29) is 13.1 Å². The number of fused-ring (bicyclic) bond motifs is 1. The number of nitrogens with zero attached hydrogens (tertiary/aromatic N) is 4. The van der Waals surface area contributed by atoms with Gasteiger partial charge < -0.3 is 10.2 Å². The van der Waals surface area contributed by atoms with Crippen molar-refractivity contribution in [1.29, 1.82) is 0 Å². The van der Waals surface area contributed by atoms with Gasteiger partial charge in [-0.2, -0.15) is 0 Å². The predicted molar refractivity (Wildman–Crippen MR) is 116 cm³/mol. The van der Waals surface area contributed by atoms with Crippen LogP contribution in [0.5, 0.6) is 0 Å².